The van der Waals surface area contributed by atoms with Gasteiger partial charge in [0.05, 0.1) is 5.02 Å². The number of nitrogens with one attached hydrogen (secondary N) is 1. The van der Waals surface area contributed by atoms with Gasteiger partial charge < -0.3 is 10.2 Å². The van der Waals surface area contributed by atoms with Gasteiger partial charge in [-0.05, 0) is 37.8 Å². The predicted octanol–water partition coefficient (Wildman–Crippen LogP) is 4.06. The van der Waals surface area contributed by atoms with E-state index in [0.717, 1.165) is 19.4 Å². The summed E-state index contributed by atoms with van der Waals surface area (Å²) in [7, 11) is 1.81. The number of rotatable bonds is 7. The van der Waals surface area contributed by atoms with E-state index in [2.05, 4.69) is 31.1 Å². The third-order valence-corrected chi connectivity index (χ3v) is 3.70. The molecule has 0 aromatic carbocycles. The molecule has 0 saturated carbocycles. The lowest BCUT2D eigenvalue weighted by Gasteiger charge is -2.26. The van der Waals surface area contributed by atoms with E-state index in [1.54, 1.807) is 24.1 Å². The average Bonchev–Trinajstić information content (AvgIpc) is 2.44. The molecule has 0 bridgehead atoms. The van der Waals surface area contributed by atoms with Crippen molar-refractivity contribution >= 4 is 23.3 Å². The van der Waals surface area contributed by atoms with Crippen molar-refractivity contribution < 1.29 is 4.79 Å². The molecule has 1 N–H and O–H groups in total. The van der Waals surface area contributed by atoms with Crippen molar-refractivity contribution in [1.29, 1.82) is 0 Å². The van der Waals surface area contributed by atoms with Gasteiger partial charge in [0, 0.05) is 19.6 Å². The first-order valence-electron chi connectivity index (χ1n) is 7.54. The summed E-state index contributed by atoms with van der Waals surface area (Å²) in [5.74, 6) is 1.10. The van der Waals surface area contributed by atoms with Crippen molar-refractivity contribution in [3.63, 3.8) is 0 Å². The van der Waals surface area contributed by atoms with E-state index in [0.29, 0.717) is 22.5 Å². The number of hydrogen-bond donors (Lipinski definition) is 1. The van der Waals surface area contributed by atoms with Crippen LogP contribution >= 0.6 is 11.6 Å². The lowest BCUT2D eigenvalue weighted by molar-refractivity contribution is 0.0722. The van der Waals surface area contributed by atoms with Crippen LogP contribution in [0.2, 0.25) is 5.02 Å². The van der Waals surface area contributed by atoms with Gasteiger partial charge in [0.1, 0.15) is 11.5 Å². The lowest BCUT2D eigenvalue weighted by atomic mass is 10.0. The summed E-state index contributed by atoms with van der Waals surface area (Å²) in [6.45, 7) is 9.24. The first-order valence-corrected chi connectivity index (χ1v) is 7.92. The number of carbonyl (C=O) groups excluding carboxylic acids is 1. The summed E-state index contributed by atoms with van der Waals surface area (Å²) in [5, 5.41) is 3.57. The van der Waals surface area contributed by atoms with Crippen LogP contribution < -0.4 is 5.32 Å². The number of halogens is 1. The van der Waals surface area contributed by atoms with Crippen LogP contribution in [0.1, 0.15) is 51.0 Å². The molecule has 0 fully saturated rings. The lowest BCUT2D eigenvalue weighted by Crippen LogP contribution is -2.36. The molecule has 0 radical (unpaired) electrons. The summed E-state index contributed by atoms with van der Waals surface area (Å²) < 4.78 is 0. The van der Waals surface area contributed by atoms with E-state index in [-0.39, 0.29) is 11.9 Å². The van der Waals surface area contributed by atoms with Crippen molar-refractivity contribution in [2.75, 3.05) is 18.9 Å². The van der Waals surface area contributed by atoms with Crippen LogP contribution in [0.15, 0.2) is 12.1 Å². The Morgan fingerprint density at radius 3 is 2.62 bits per heavy atom. The zero-order valence-corrected chi connectivity index (χ0v) is 14.4. The van der Waals surface area contributed by atoms with Crippen LogP contribution in [0, 0.1) is 5.92 Å². The molecule has 1 atom stereocenters. The zero-order valence-electron chi connectivity index (χ0n) is 13.6. The van der Waals surface area contributed by atoms with Gasteiger partial charge in [0.2, 0.25) is 0 Å². The van der Waals surface area contributed by atoms with Gasteiger partial charge in [0.25, 0.3) is 5.91 Å². The molecule has 118 valence electrons. The third kappa shape index (κ3) is 5.20. The van der Waals surface area contributed by atoms with E-state index >= 15 is 0 Å². The molecule has 0 aliphatic rings. The highest BCUT2D eigenvalue weighted by atomic mass is 35.5. The van der Waals surface area contributed by atoms with Crippen molar-refractivity contribution in [1.82, 2.24) is 9.88 Å². The van der Waals surface area contributed by atoms with Crippen molar-refractivity contribution in [3.05, 3.63) is 22.8 Å². The number of carbonyl (C=O) groups is 1. The SMILES string of the molecule is CCCNc1ccc(Cl)c(C(=O)N(C)C(C)CC(C)C)n1. The summed E-state index contributed by atoms with van der Waals surface area (Å²) in [6, 6.07) is 3.68. The molecule has 0 aliphatic heterocycles. The van der Waals surface area contributed by atoms with E-state index in [4.69, 9.17) is 11.6 Å². The van der Waals surface area contributed by atoms with E-state index < -0.39 is 0 Å². The van der Waals surface area contributed by atoms with Crippen LogP contribution in [-0.4, -0.2) is 35.4 Å². The zero-order chi connectivity index (χ0) is 16.0. The Labute approximate surface area is 132 Å². The van der Waals surface area contributed by atoms with Gasteiger partial charge in [0.15, 0.2) is 0 Å². The second kappa shape index (κ2) is 8.23. The fourth-order valence-electron chi connectivity index (χ4n) is 2.15. The number of anilines is 1. The van der Waals surface area contributed by atoms with Crippen LogP contribution in [0.3, 0.4) is 0 Å². The molecule has 0 saturated heterocycles. The van der Waals surface area contributed by atoms with Gasteiger partial charge in [-0.1, -0.05) is 32.4 Å². The standard InChI is InChI=1S/C16H26ClN3O/c1-6-9-18-14-8-7-13(17)15(19-14)16(21)20(5)12(4)10-11(2)3/h7-8,11-12H,6,9-10H2,1-5H3,(H,18,19). The molecule has 1 heterocycles. The number of hydrogen-bond acceptors (Lipinski definition) is 3. The largest absolute Gasteiger partial charge is 0.370 e. The van der Waals surface area contributed by atoms with Gasteiger partial charge >= 0.3 is 0 Å². The maximum absolute atomic E-state index is 12.6. The molecule has 21 heavy (non-hydrogen) atoms. The first kappa shape index (κ1) is 17.8. The van der Waals surface area contributed by atoms with Crippen molar-refractivity contribution in [2.45, 2.75) is 46.6 Å². The Bertz CT molecular complexity index is 477. The minimum atomic E-state index is -0.131. The Morgan fingerprint density at radius 2 is 2.05 bits per heavy atom. The maximum atomic E-state index is 12.6. The molecule has 1 aromatic heterocycles. The molecule has 1 rings (SSSR count). The van der Waals surface area contributed by atoms with Crippen LogP contribution in [-0.2, 0) is 0 Å². The Balaban J connectivity index is 2.89. The molecule has 1 unspecified atom stereocenters. The second-order valence-corrected chi connectivity index (χ2v) is 6.26. The molecule has 0 aliphatic carbocycles. The highest BCUT2D eigenvalue weighted by Gasteiger charge is 2.22. The average molecular weight is 312 g/mol. The quantitative estimate of drug-likeness (QED) is 0.825. The summed E-state index contributed by atoms with van der Waals surface area (Å²) >= 11 is 6.14. The van der Waals surface area contributed by atoms with Crippen LogP contribution in [0.25, 0.3) is 0 Å². The molecule has 0 spiro atoms. The second-order valence-electron chi connectivity index (χ2n) is 5.85. The maximum Gasteiger partial charge on any atom is 0.274 e. The summed E-state index contributed by atoms with van der Waals surface area (Å²) in [5.41, 5.74) is 0.316. The minimum Gasteiger partial charge on any atom is -0.370 e. The minimum absolute atomic E-state index is 0.131. The predicted molar refractivity (Wildman–Crippen MR) is 89.0 cm³/mol. The molecule has 1 aromatic rings. The number of aromatic nitrogens is 1. The van der Waals surface area contributed by atoms with Crippen molar-refractivity contribution in [2.24, 2.45) is 5.92 Å². The Hall–Kier alpha value is -1.29. The molecule has 1 amide bonds. The number of amides is 1. The Kier molecular flexibility index (Phi) is 6.96. The van der Waals surface area contributed by atoms with E-state index in [1.807, 2.05) is 6.92 Å². The fraction of sp³-hybridized carbons (Fsp3) is 0.625. The Morgan fingerprint density at radius 1 is 1.38 bits per heavy atom. The number of nitrogens with zero attached hydrogens (tertiary/aromatic N) is 2. The van der Waals surface area contributed by atoms with E-state index in [9.17, 15) is 4.79 Å². The topological polar surface area (TPSA) is 45.2 Å². The normalized spacial score (nSPS) is 12.3. The molecular weight excluding hydrogens is 286 g/mol. The third-order valence-electron chi connectivity index (χ3n) is 3.40. The molecular formula is C16H26ClN3O. The smallest absolute Gasteiger partial charge is 0.274 e. The summed E-state index contributed by atoms with van der Waals surface area (Å²) in [4.78, 5) is 18.6. The monoisotopic (exact) mass is 311 g/mol. The van der Waals surface area contributed by atoms with Crippen LogP contribution in [0.4, 0.5) is 5.82 Å². The van der Waals surface area contributed by atoms with Gasteiger partial charge in [-0.25, -0.2) is 4.98 Å². The van der Waals surface area contributed by atoms with Gasteiger partial charge in [-0.2, -0.15) is 0 Å². The molecule has 5 heteroatoms. The highest BCUT2D eigenvalue weighted by molar-refractivity contribution is 6.33. The van der Waals surface area contributed by atoms with Crippen molar-refractivity contribution in [3.8, 4) is 0 Å². The summed E-state index contributed by atoms with van der Waals surface area (Å²) in [6.07, 6.45) is 1.95. The first-order chi connectivity index (χ1) is 9.86. The van der Waals surface area contributed by atoms with Crippen LogP contribution in [0.5, 0.6) is 0 Å². The van der Waals surface area contributed by atoms with E-state index in [1.165, 1.54) is 0 Å². The van der Waals surface area contributed by atoms with Gasteiger partial charge in [-0.3, -0.25) is 4.79 Å². The highest BCUT2D eigenvalue weighted by Crippen LogP contribution is 2.20. The fourth-order valence-corrected chi connectivity index (χ4v) is 2.34. The van der Waals surface area contributed by atoms with Gasteiger partial charge in [-0.15, -0.1) is 0 Å². The number of pyridine rings is 1. The molecule has 4 nitrogen and oxygen atoms in total.